The number of nitrogens with zero attached hydrogens (tertiary/aromatic N) is 2. The van der Waals surface area contributed by atoms with E-state index in [2.05, 4.69) is 15.6 Å². The summed E-state index contributed by atoms with van der Waals surface area (Å²) in [5, 5.41) is 14.0. The molecule has 1 aromatic carbocycles. The molecule has 17 heteroatoms. The zero-order chi connectivity index (χ0) is 39.6. The van der Waals surface area contributed by atoms with Crippen LogP contribution in [0.4, 0.5) is 4.79 Å². The molecule has 1 rings (SSSR count). The molecule has 0 aliphatic heterocycles. The van der Waals surface area contributed by atoms with Gasteiger partial charge in [0.2, 0.25) is 17.8 Å². The summed E-state index contributed by atoms with van der Waals surface area (Å²) in [6.45, 7) is 10.3. The minimum absolute atomic E-state index is 0.00493. The number of rotatable bonds is 19. The third-order valence-corrected chi connectivity index (χ3v) is 6.80. The normalized spacial score (nSPS) is 12.9. The topological polar surface area (TPSA) is 259 Å². The first kappa shape index (κ1) is 45.0. The lowest BCUT2D eigenvalue weighted by molar-refractivity contribution is -0.159. The molecule has 7 N–H and O–H groups in total. The molecule has 1 aromatic rings. The third-order valence-electron chi connectivity index (χ3n) is 6.80. The van der Waals surface area contributed by atoms with Crippen LogP contribution >= 0.6 is 0 Å². The average Bonchev–Trinajstić information content (AvgIpc) is 3.01. The van der Waals surface area contributed by atoms with Crippen LogP contribution in [0.25, 0.3) is 0 Å². The van der Waals surface area contributed by atoms with Gasteiger partial charge >= 0.3 is 18.0 Å². The quantitative estimate of drug-likeness (QED) is 0.0592. The summed E-state index contributed by atoms with van der Waals surface area (Å²) in [5.74, 6) is -5.63. The highest BCUT2D eigenvalue weighted by atomic mass is 16.6. The summed E-state index contributed by atoms with van der Waals surface area (Å²) in [5.41, 5.74) is 9.94. The number of carboxylic acid groups (broad SMARTS) is 1. The number of guanidine groups is 1. The van der Waals surface area contributed by atoms with Gasteiger partial charge in [-0.2, -0.15) is 4.99 Å². The molecule has 52 heavy (non-hydrogen) atoms. The summed E-state index contributed by atoms with van der Waals surface area (Å²) in [7, 11) is 0. The second kappa shape index (κ2) is 21.3. The van der Waals surface area contributed by atoms with Gasteiger partial charge in [0, 0.05) is 31.4 Å². The molecule has 0 aliphatic rings. The van der Waals surface area contributed by atoms with Crippen LogP contribution in [0.15, 0.2) is 29.3 Å². The molecule has 0 heterocycles. The van der Waals surface area contributed by atoms with Crippen LogP contribution in [0, 0.1) is 5.92 Å². The molecule has 17 nitrogen and oxygen atoms in total. The molecule has 0 spiro atoms. The van der Waals surface area contributed by atoms with Crippen molar-refractivity contribution < 1.29 is 52.9 Å². The number of Topliss-reactive ketones (excluding diaryl/α,β-unsaturated/α-hetero) is 1. The Morgan fingerprint density at radius 1 is 0.942 bits per heavy atom. The highest BCUT2D eigenvalue weighted by Gasteiger charge is 2.31. The van der Waals surface area contributed by atoms with Crippen molar-refractivity contribution in [3.05, 3.63) is 29.8 Å². The number of amides is 4. The Hall–Kier alpha value is -5.06. The van der Waals surface area contributed by atoms with E-state index in [0.717, 1.165) is 11.8 Å². The van der Waals surface area contributed by atoms with E-state index in [4.69, 9.17) is 30.8 Å². The Morgan fingerprint density at radius 3 is 2.17 bits per heavy atom. The number of hydrogen-bond donors (Lipinski definition) is 5. The maximum Gasteiger partial charge on any atom is 0.417 e. The van der Waals surface area contributed by atoms with Crippen molar-refractivity contribution in [2.45, 2.75) is 104 Å². The van der Waals surface area contributed by atoms with Gasteiger partial charge in [0.15, 0.2) is 12.4 Å². The molecule has 0 aliphatic carbocycles. The summed E-state index contributed by atoms with van der Waals surface area (Å²) in [4.78, 5) is 92.8. The molecular formula is C35H54N6O11. The van der Waals surface area contributed by atoms with Crippen LogP contribution in [0.3, 0.4) is 0 Å². The molecule has 4 amide bonds. The molecule has 290 valence electrons. The monoisotopic (exact) mass is 734 g/mol. The fraction of sp³-hybridized carbons (Fsp3) is 0.600. The number of aliphatic imine (C=N–C) groups is 1. The summed E-state index contributed by atoms with van der Waals surface area (Å²) in [6, 6.07) is 4.68. The number of esters is 1. The van der Waals surface area contributed by atoms with Gasteiger partial charge in [-0.3, -0.25) is 19.2 Å². The van der Waals surface area contributed by atoms with Crippen LogP contribution in [0.5, 0.6) is 5.75 Å². The predicted molar refractivity (Wildman–Crippen MR) is 190 cm³/mol. The Bertz CT molecular complexity index is 1450. The summed E-state index contributed by atoms with van der Waals surface area (Å²) in [6.07, 6.45) is 0.184. The number of hydrogen-bond acceptors (Lipinski definition) is 11. The number of ketones is 1. The molecular weight excluding hydrogens is 680 g/mol. The fourth-order valence-electron chi connectivity index (χ4n) is 4.56. The molecule has 0 saturated carbocycles. The number of benzene rings is 1. The Morgan fingerprint density at radius 2 is 1.60 bits per heavy atom. The van der Waals surface area contributed by atoms with Gasteiger partial charge in [-0.05, 0) is 98.4 Å². The third kappa shape index (κ3) is 18.8. The van der Waals surface area contributed by atoms with E-state index < -0.39 is 83.8 Å². The van der Waals surface area contributed by atoms with Crippen LogP contribution in [-0.4, -0.2) is 101 Å². The first-order valence-electron chi connectivity index (χ1n) is 16.9. The van der Waals surface area contributed by atoms with Gasteiger partial charge in [-0.1, -0.05) is 6.07 Å². The smallest absolute Gasteiger partial charge is 0.417 e. The van der Waals surface area contributed by atoms with E-state index in [1.165, 1.54) is 24.3 Å². The second-order valence-electron chi connectivity index (χ2n) is 14.0. The number of carboxylic acids is 1. The first-order valence-corrected chi connectivity index (χ1v) is 16.9. The zero-order valence-electron chi connectivity index (χ0n) is 31.1. The lowest BCUT2D eigenvalue weighted by atomic mass is 9.94. The first-order chi connectivity index (χ1) is 24.1. The highest BCUT2D eigenvalue weighted by Crippen LogP contribution is 2.18. The van der Waals surface area contributed by atoms with E-state index >= 15 is 0 Å². The molecule has 0 aromatic heterocycles. The molecule has 0 fully saturated rings. The summed E-state index contributed by atoms with van der Waals surface area (Å²) < 4.78 is 16.0. The molecule has 2 atom stereocenters. The Kier molecular flexibility index (Phi) is 18.4. The minimum atomic E-state index is -1.20. The van der Waals surface area contributed by atoms with Gasteiger partial charge in [0.1, 0.15) is 23.0 Å². The van der Waals surface area contributed by atoms with Crippen molar-refractivity contribution in [2.75, 3.05) is 26.2 Å². The Labute approximate surface area is 304 Å². The largest absolute Gasteiger partial charge is 0.482 e. The molecule has 0 saturated heterocycles. The fourth-order valence-corrected chi connectivity index (χ4v) is 4.56. The lowest BCUT2D eigenvalue weighted by Crippen LogP contribution is -2.47. The van der Waals surface area contributed by atoms with Crippen molar-refractivity contribution >= 4 is 47.5 Å². The van der Waals surface area contributed by atoms with E-state index in [1.807, 2.05) is 0 Å². The SMILES string of the molecule is CC(=O)N=C(N)N(CCC[C@H](CC(=O)CNC(=O)c1cccc(OCC(=O)O)c1)C(=O)N[C@@H](CCCCN)C(=O)OC(C)(C)C)C(=O)OC(C)(C)C. The Balaban J connectivity index is 3.24. The second-order valence-corrected chi connectivity index (χ2v) is 14.0. The van der Waals surface area contributed by atoms with Crippen molar-refractivity contribution in [3.8, 4) is 5.75 Å². The number of unbranched alkanes of at least 4 members (excludes halogenated alkanes) is 1. The number of carbonyl (C=O) groups excluding carboxylic acids is 6. The maximum absolute atomic E-state index is 13.7. The van der Waals surface area contributed by atoms with Crippen molar-refractivity contribution in [3.63, 3.8) is 0 Å². The molecule has 0 unspecified atom stereocenters. The number of nitrogens with one attached hydrogen (secondary N) is 2. The van der Waals surface area contributed by atoms with Gasteiger partial charge in [0.05, 0.1) is 6.54 Å². The minimum Gasteiger partial charge on any atom is -0.482 e. The van der Waals surface area contributed by atoms with E-state index in [-0.39, 0.29) is 43.5 Å². The zero-order valence-corrected chi connectivity index (χ0v) is 31.1. The van der Waals surface area contributed by atoms with Crippen molar-refractivity contribution in [2.24, 2.45) is 22.4 Å². The van der Waals surface area contributed by atoms with Crippen LogP contribution < -0.4 is 26.8 Å². The average molecular weight is 735 g/mol. The van der Waals surface area contributed by atoms with E-state index in [9.17, 15) is 33.6 Å². The number of carbonyl (C=O) groups is 7. The van der Waals surface area contributed by atoms with Gasteiger partial charge in [-0.15, -0.1) is 0 Å². The summed E-state index contributed by atoms with van der Waals surface area (Å²) >= 11 is 0. The van der Waals surface area contributed by atoms with Gasteiger partial charge in [0.25, 0.3) is 5.91 Å². The van der Waals surface area contributed by atoms with E-state index in [1.54, 1.807) is 41.5 Å². The standard InChI is InChI=1S/C35H54N6O11/c1-22(42)39-32(37)41(33(49)52-35(5,6)7)17-11-13-23(30(47)40-27(15-8-9-16-36)31(48)51-34(2,3)4)18-25(43)20-38-29(46)24-12-10-14-26(19-24)50-21-28(44)45/h10,12,14,19,23,27H,8-9,11,13,15-18,20-21,36H2,1-7H3,(H,38,46)(H,40,47)(H,44,45)(H2,37,39,42)/t23-,27+/m1/s1. The van der Waals surface area contributed by atoms with Crippen molar-refractivity contribution in [1.82, 2.24) is 15.5 Å². The highest BCUT2D eigenvalue weighted by molar-refractivity contribution is 5.99. The number of nitrogens with two attached hydrogens (primary N) is 2. The number of aliphatic carboxylic acids is 1. The molecule has 0 bridgehead atoms. The molecule has 0 radical (unpaired) electrons. The van der Waals surface area contributed by atoms with Gasteiger partial charge < -0.3 is 41.4 Å². The lowest BCUT2D eigenvalue weighted by Gasteiger charge is -2.27. The van der Waals surface area contributed by atoms with Crippen LogP contribution in [-0.2, 0) is 33.4 Å². The maximum atomic E-state index is 13.7. The predicted octanol–water partition coefficient (Wildman–Crippen LogP) is 2.29. The van der Waals surface area contributed by atoms with Crippen LogP contribution in [0.2, 0.25) is 0 Å². The van der Waals surface area contributed by atoms with Crippen LogP contribution in [0.1, 0.15) is 97.3 Å². The van der Waals surface area contributed by atoms with Crippen molar-refractivity contribution in [1.29, 1.82) is 0 Å². The number of ether oxygens (including phenoxy) is 3. The van der Waals surface area contributed by atoms with E-state index in [0.29, 0.717) is 19.4 Å². The van der Waals surface area contributed by atoms with Gasteiger partial charge in [-0.25, -0.2) is 19.3 Å².